The molecule has 5 heteroatoms. The maximum atomic E-state index is 12.8. The van der Waals surface area contributed by atoms with Crippen LogP contribution in [0.4, 0.5) is 0 Å². The van der Waals surface area contributed by atoms with Crippen LogP contribution in [0.3, 0.4) is 0 Å². The predicted molar refractivity (Wildman–Crippen MR) is 142 cm³/mol. The number of unbranched alkanes of at least 4 members (excludes halogenated alkanes) is 14. The van der Waals surface area contributed by atoms with Gasteiger partial charge in [-0.3, -0.25) is 4.79 Å². The van der Waals surface area contributed by atoms with Crippen LogP contribution in [0.25, 0.3) is 0 Å². The van der Waals surface area contributed by atoms with Crippen molar-refractivity contribution in [1.82, 2.24) is 4.90 Å². The molecule has 0 radical (unpaired) electrons. The maximum absolute atomic E-state index is 12.8. The van der Waals surface area contributed by atoms with Crippen molar-refractivity contribution in [2.45, 2.75) is 135 Å². The molecule has 0 amide bonds. The Hall–Kier alpha value is -0.650. The van der Waals surface area contributed by atoms with Gasteiger partial charge in [0.15, 0.2) is 0 Å². The van der Waals surface area contributed by atoms with E-state index in [1.807, 2.05) is 0 Å². The van der Waals surface area contributed by atoms with E-state index >= 15 is 0 Å². The molecule has 0 aromatic carbocycles. The lowest BCUT2D eigenvalue weighted by Crippen LogP contribution is -2.23. The Bertz CT molecular complexity index is 418. The van der Waals surface area contributed by atoms with Crippen molar-refractivity contribution in [1.29, 1.82) is 0 Å². The van der Waals surface area contributed by atoms with Crippen molar-refractivity contribution in [3.05, 3.63) is 0 Å². The Morgan fingerprint density at radius 3 is 1.47 bits per heavy atom. The molecule has 0 bridgehead atoms. The van der Waals surface area contributed by atoms with E-state index in [9.17, 15) is 4.79 Å². The fourth-order valence-corrected chi connectivity index (χ4v) is 5.09. The van der Waals surface area contributed by atoms with Gasteiger partial charge in [-0.25, -0.2) is 0 Å². The molecular weight excluding hydrogens is 426 g/mol. The van der Waals surface area contributed by atoms with Crippen LogP contribution in [0.2, 0.25) is 0 Å². The molecule has 2 N–H and O–H groups in total. The van der Waals surface area contributed by atoms with Crippen LogP contribution in [-0.4, -0.2) is 60.5 Å². The zero-order valence-corrected chi connectivity index (χ0v) is 22.3. The summed E-state index contributed by atoms with van der Waals surface area (Å²) in [4.78, 5) is 15.3. The van der Waals surface area contributed by atoms with Crippen molar-refractivity contribution in [2.24, 2.45) is 5.92 Å². The van der Waals surface area contributed by atoms with Gasteiger partial charge < -0.3 is 19.8 Å². The maximum Gasteiger partial charge on any atom is 0.308 e. The summed E-state index contributed by atoms with van der Waals surface area (Å²) in [5, 5.41) is 17.7. The predicted octanol–water partition coefficient (Wildman–Crippen LogP) is 6.64. The molecule has 0 saturated carbocycles. The number of aliphatic hydroxyl groups excluding tert-OH is 2. The number of hydrogen-bond acceptors (Lipinski definition) is 5. The first-order chi connectivity index (χ1) is 16.8. The molecule has 1 heterocycles. The van der Waals surface area contributed by atoms with Gasteiger partial charge in [-0.1, -0.05) is 89.9 Å². The van der Waals surface area contributed by atoms with E-state index < -0.39 is 0 Å². The van der Waals surface area contributed by atoms with E-state index in [0.29, 0.717) is 19.8 Å². The van der Waals surface area contributed by atoms with Crippen molar-refractivity contribution in [2.75, 3.05) is 39.5 Å². The number of rotatable bonds is 25. The zero-order valence-electron chi connectivity index (χ0n) is 22.3. The van der Waals surface area contributed by atoms with Gasteiger partial charge in [0.25, 0.3) is 0 Å². The van der Waals surface area contributed by atoms with Crippen molar-refractivity contribution in [3.63, 3.8) is 0 Å². The molecule has 1 aliphatic heterocycles. The molecule has 1 fully saturated rings. The van der Waals surface area contributed by atoms with Gasteiger partial charge in [0.05, 0.1) is 12.5 Å². The first kappa shape index (κ1) is 31.4. The fourth-order valence-electron chi connectivity index (χ4n) is 5.09. The van der Waals surface area contributed by atoms with Crippen LogP contribution in [-0.2, 0) is 9.53 Å². The van der Waals surface area contributed by atoms with Crippen LogP contribution < -0.4 is 0 Å². The molecule has 0 unspecified atom stereocenters. The fraction of sp³-hybridized carbons (Fsp3) is 0.966. The SMILES string of the molecule is O=C(OCCCN1CCCC1)C(CCCCCCCCCCO)CCCCCCCCCCO. The molecule has 34 heavy (non-hydrogen) atoms. The van der Waals surface area contributed by atoms with Gasteiger partial charge >= 0.3 is 5.97 Å². The van der Waals surface area contributed by atoms with Gasteiger partial charge in [0.2, 0.25) is 0 Å². The number of ether oxygens (including phenoxy) is 1. The highest BCUT2D eigenvalue weighted by Gasteiger charge is 2.19. The van der Waals surface area contributed by atoms with Gasteiger partial charge in [-0.2, -0.15) is 0 Å². The van der Waals surface area contributed by atoms with E-state index in [2.05, 4.69) is 4.90 Å². The smallest absolute Gasteiger partial charge is 0.308 e. The number of esters is 1. The number of carbonyl (C=O) groups is 1. The lowest BCUT2D eigenvalue weighted by Gasteiger charge is -2.18. The third-order valence-electron chi connectivity index (χ3n) is 7.32. The number of carbonyl (C=O) groups excluding carboxylic acids is 1. The average molecular weight is 484 g/mol. The normalized spacial score (nSPS) is 14.3. The standard InChI is InChI=1S/C29H57NO4/c31-25-17-11-7-3-1-5-9-13-20-28(21-14-10-6-2-4-8-12-18-26-32)29(33)34-27-19-24-30-22-15-16-23-30/h28,31-32H,1-27H2. The van der Waals surface area contributed by atoms with E-state index in [1.165, 1.54) is 90.1 Å². The monoisotopic (exact) mass is 483 g/mol. The van der Waals surface area contributed by atoms with E-state index in [-0.39, 0.29) is 11.9 Å². The number of aliphatic hydroxyl groups is 2. The second kappa shape index (κ2) is 24.1. The minimum Gasteiger partial charge on any atom is -0.465 e. The summed E-state index contributed by atoms with van der Waals surface area (Å²) in [6, 6.07) is 0. The van der Waals surface area contributed by atoms with E-state index in [0.717, 1.165) is 64.3 Å². The van der Waals surface area contributed by atoms with Crippen LogP contribution in [0, 0.1) is 5.92 Å². The Labute approximate surface area is 211 Å². The topological polar surface area (TPSA) is 70.0 Å². The van der Waals surface area contributed by atoms with E-state index in [4.69, 9.17) is 14.9 Å². The molecule has 0 aliphatic carbocycles. The van der Waals surface area contributed by atoms with Crippen molar-refractivity contribution < 1.29 is 19.7 Å². The quantitative estimate of drug-likeness (QED) is 0.112. The highest BCUT2D eigenvalue weighted by molar-refractivity contribution is 5.72. The molecule has 0 spiro atoms. The van der Waals surface area contributed by atoms with Crippen molar-refractivity contribution >= 4 is 5.97 Å². The number of likely N-dealkylation sites (tertiary alicyclic amines) is 1. The highest BCUT2D eigenvalue weighted by Crippen LogP contribution is 2.21. The summed E-state index contributed by atoms with van der Waals surface area (Å²) < 4.78 is 5.72. The molecule has 202 valence electrons. The molecule has 0 atom stereocenters. The Morgan fingerprint density at radius 1 is 0.618 bits per heavy atom. The zero-order chi connectivity index (χ0) is 24.5. The molecule has 1 saturated heterocycles. The van der Waals surface area contributed by atoms with Crippen LogP contribution >= 0.6 is 0 Å². The number of hydrogen-bond donors (Lipinski definition) is 2. The summed E-state index contributed by atoms with van der Waals surface area (Å²) in [5.74, 6) is 0.135. The molecule has 1 aliphatic rings. The molecule has 5 nitrogen and oxygen atoms in total. The first-order valence-electron chi connectivity index (χ1n) is 14.9. The lowest BCUT2D eigenvalue weighted by atomic mass is 9.94. The van der Waals surface area contributed by atoms with Gasteiger partial charge in [0, 0.05) is 19.8 Å². The Morgan fingerprint density at radius 2 is 1.03 bits per heavy atom. The second-order valence-corrected chi connectivity index (χ2v) is 10.4. The summed E-state index contributed by atoms with van der Waals surface area (Å²) in [7, 11) is 0. The van der Waals surface area contributed by atoms with Crippen LogP contribution in [0.5, 0.6) is 0 Å². The van der Waals surface area contributed by atoms with Crippen LogP contribution in [0.15, 0.2) is 0 Å². The first-order valence-corrected chi connectivity index (χ1v) is 14.9. The number of nitrogens with zero attached hydrogens (tertiary/aromatic N) is 1. The van der Waals surface area contributed by atoms with Crippen LogP contribution in [0.1, 0.15) is 135 Å². The molecule has 0 aromatic rings. The van der Waals surface area contributed by atoms with Gasteiger partial charge in [0.1, 0.15) is 0 Å². The Kier molecular flexibility index (Phi) is 22.2. The molecule has 1 rings (SSSR count). The van der Waals surface area contributed by atoms with Crippen molar-refractivity contribution in [3.8, 4) is 0 Å². The Balaban J connectivity index is 2.18. The van der Waals surface area contributed by atoms with Gasteiger partial charge in [-0.05, 0) is 58.0 Å². The summed E-state index contributed by atoms with van der Waals surface area (Å²) in [6.07, 6.45) is 24.5. The minimum absolute atomic E-state index is 0.0504. The second-order valence-electron chi connectivity index (χ2n) is 10.4. The lowest BCUT2D eigenvalue weighted by molar-refractivity contribution is -0.149. The molecule has 0 aromatic heterocycles. The average Bonchev–Trinajstić information content (AvgIpc) is 3.36. The largest absolute Gasteiger partial charge is 0.465 e. The van der Waals surface area contributed by atoms with Gasteiger partial charge in [-0.15, -0.1) is 0 Å². The third-order valence-corrected chi connectivity index (χ3v) is 7.32. The van der Waals surface area contributed by atoms with E-state index in [1.54, 1.807) is 0 Å². The summed E-state index contributed by atoms with van der Waals surface area (Å²) in [5.41, 5.74) is 0. The highest BCUT2D eigenvalue weighted by atomic mass is 16.5. The minimum atomic E-state index is 0.0504. The summed E-state index contributed by atoms with van der Waals surface area (Å²) >= 11 is 0. The molecular formula is C29H57NO4. The summed E-state index contributed by atoms with van der Waals surface area (Å²) in [6.45, 7) is 4.70. The third kappa shape index (κ3) is 18.6.